The second-order valence-electron chi connectivity index (χ2n) is 4.21. The molecule has 1 unspecified atom stereocenters. The Bertz CT molecular complexity index is 539. The summed E-state index contributed by atoms with van der Waals surface area (Å²) in [4.78, 5) is 4.13. The van der Waals surface area contributed by atoms with Crippen LogP contribution in [0.15, 0.2) is 30.6 Å². The Morgan fingerprint density at radius 2 is 2.21 bits per heavy atom. The Labute approximate surface area is 115 Å². The number of aromatic nitrogens is 2. The van der Waals surface area contributed by atoms with Crippen molar-refractivity contribution in [2.24, 2.45) is 0 Å². The molecule has 0 aliphatic rings. The van der Waals surface area contributed by atoms with E-state index in [1.54, 1.807) is 29.1 Å². The highest BCUT2D eigenvalue weighted by atomic mass is 35.5. The third-order valence-electron chi connectivity index (χ3n) is 2.82. The van der Waals surface area contributed by atoms with Crippen molar-refractivity contribution in [2.45, 2.75) is 19.1 Å². The number of rotatable bonds is 5. The van der Waals surface area contributed by atoms with Gasteiger partial charge in [0.05, 0.1) is 19.3 Å². The molecular weight excluding hydrogens is 271 g/mol. The van der Waals surface area contributed by atoms with Gasteiger partial charge in [-0.1, -0.05) is 17.7 Å². The van der Waals surface area contributed by atoms with Gasteiger partial charge in [0, 0.05) is 29.4 Å². The molecular formula is C13H14ClFN2O2. The zero-order valence-corrected chi connectivity index (χ0v) is 10.9. The molecule has 0 aliphatic carbocycles. The van der Waals surface area contributed by atoms with Crippen molar-refractivity contribution in [1.82, 2.24) is 9.55 Å². The summed E-state index contributed by atoms with van der Waals surface area (Å²) >= 11 is 5.97. The van der Waals surface area contributed by atoms with Crippen LogP contribution in [-0.4, -0.2) is 32.5 Å². The van der Waals surface area contributed by atoms with E-state index in [1.165, 1.54) is 6.07 Å². The van der Waals surface area contributed by atoms with Crippen molar-refractivity contribution >= 4 is 11.6 Å². The minimum Gasteiger partial charge on any atom is -0.394 e. The number of imidazole rings is 1. The van der Waals surface area contributed by atoms with Crippen LogP contribution in [0.25, 0.3) is 0 Å². The lowest BCUT2D eigenvalue weighted by Crippen LogP contribution is -2.21. The van der Waals surface area contributed by atoms with Gasteiger partial charge in [-0.2, -0.15) is 0 Å². The molecule has 19 heavy (non-hydrogen) atoms. The topological polar surface area (TPSA) is 58.3 Å². The first kappa shape index (κ1) is 14.0. The number of nitrogens with zero attached hydrogens (tertiary/aromatic N) is 2. The summed E-state index contributed by atoms with van der Waals surface area (Å²) in [7, 11) is 0. The van der Waals surface area contributed by atoms with E-state index in [0.717, 1.165) is 0 Å². The van der Waals surface area contributed by atoms with Gasteiger partial charge in [-0.25, -0.2) is 9.37 Å². The largest absolute Gasteiger partial charge is 0.394 e. The highest BCUT2D eigenvalue weighted by Gasteiger charge is 2.13. The number of hydrogen-bond acceptors (Lipinski definition) is 3. The molecule has 1 heterocycles. The molecule has 0 saturated heterocycles. The number of aliphatic hydroxyl groups excluding tert-OH is 2. The number of halogens is 2. The summed E-state index contributed by atoms with van der Waals surface area (Å²) in [5, 5.41) is 18.6. The summed E-state index contributed by atoms with van der Waals surface area (Å²) in [5.41, 5.74) is 0.370. The van der Waals surface area contributed by atoms with Crippen molar-refractivity contribution < 1.29 is 14.6 Å². The van der Waals surface area contributed by atoms with Crippen molar-refractivity contribution in [3.05, 3.63) is 52.8 Å². The first-order valence-corrected chi connectivity index (χ1v) is 6.21. The van der Waals surface area contributed by atoms with Crippen LogP contribution in [-0.2, 0) is 13.0 Å². The second-order valence-corrected chi connectivity index (χ2v) is 4.62. The molecule has 1 atom stereocenters. The summed E-state index contributed by atoms with van der Waals surface area (Å²) in [6.07, 6.45) is 2.59. The number of hydrogen-bond donors (Lipinski definition) is 2. The third-order valence-corrected chi connectivity index (χ3v) is 3.17. The summed E-state index contributed by atoms with van der Waals surface area (Å²) in [5.74, 6) is 0.198. The lowest BCUT2D eigenvalue weighted by molar-refractivity contribution is 0.0806. The molecule has 1 aromatic carbocycles. The van der Waals surface area contributed by atoms with Gasteiger partial charge in [-0.15, -0.1) is 0 Å². The number of benzene rings is 1. The molecule has 0 fully saturated rings. The lowest BCUT2D eigenvalue weighted by Gasteiger charge is -2.12. The van der Waals surface area contributed by atoms with E-state index in [1.807, 2.05) is 0 Å². The average molecular weight is 285 g/mol. The molecule has 0 amide bonds. The van der Waals surface area contributed by atoms with Crippen molar-refractivity contribution in [2.75, 3.05) is 6.61 Å². The summed E-state index contributed by atoms with van der Waals surface area (Å²) in [6, 6.07) is 4.51. The molecule has 6 heteroatoms. The van der Waals surface area contributed by atoms with Gasteiger partial charge in [0.1, 0.15) is 11.6 Å². The van der Waals surface area contributed by atoms with E-state index in [9.17, 15) is 9.50 Å². The fourth-order valence-electron chi connectivity index (χ4n) is 1.82. The zero-order chi connectivity index (χ0) is 13.8. The molecule has 102 valence electrons. The van der Waals surface area contributed by atoms with Crippen LogP contribution in [0.5, 0.6) is 0 Å². The molecule has 2 aromatic rings. The van der Waals surface area contributed by atoms with Crippen LogP contribution in [0.3, 0.4) is 0 Å². The predicted molar refractivity (Wildman–Crippen MR) is 69.5 cm³/mol. The fourth-order valence-corrected chi connectivity index (χ4v) is 2.05. The highest BCUT2D eigenvalue weighted by molar-refractivity contribution is 6.31. The van der Waals surface area contributed by atoms with Crippen molar-refractivity contribution in [3.8, 4) is 0 Å². The van der Waals surface area contributed by atoms with E-state index in [-0.39, 0.29) is 25.4 Å². The van der Waals surface area contributed by atoms with Crippen LogP contribution >= 0.6 is 11.6 Å². The summed E-state index contributed by atoms with van der Waals surface area (Å²) in [6.45, 7) is -0.129. The Morgan fingerprint density at radius 3 is 2.89 bits per heavy atom. The first-order valence-electron chi connectivity index (χ1n) is 5.83. The molecule has 0 radical (unpaired) electrons. The van der Waals surface area contributed by atoms with Crippen molar-refractivity contribution in [1.29, 1.82) is 0 Å². The van der Waals surface area contributed by atoms with Gasteiger partial charge in [0.15, 0.2) is 0 Å². The van der Waals surface area contributed by atoms with E-state index in [4.69, 9.17) is 16.7 Å². The molecule has 2 N–H and O–H groups in total. The van der Waals surface area contributed by atoms with Gasteiger partial charge in [-0.05, 0) is 12.1 Å². The van der Waals surface area contributed by atoms with Crippen LogP contribution < -0.4 is 0 Å². The molecule has 0 spiro atoms. The maximum atomic E-state index is 13.7. The Balaban J connectivity index is 2.22. The second kappa shape index (κ2) is 6.14. The monoisotopic (exact) mass is 284 g/mol. The van der Waals surface area contributed by atoms with Gasteiger partial charge in [-0.3, -0.25) is 0 Å². The SMILES string of the molecule is OCC(O)Cn1ccnc1Cc1c(F)cccc1Cl. The maximum Gasteiger partial charge on any atom is 0.128 e. The van der Waals surface area contributed by atoms with Crippen LogP contribution in [0.2, 0.25) is 5.02 Å². The van der Waals surface area contributed by atoms with E-state index in [2.05, 4.69) is 4.98 Å². The van der Waals surface area contributed by atoms with Gasteiger partial charge in [0.2, 0.25) is 0 Å². The van der Waals surface area contributed by atoms with E-state index < -0.39 is 6.10 Å². The lowest BCUT2D eigenvalue weighted by atomic mass is 10.1. The fraction of sp³-hybridized carbons (Fsp3) is 0.308. The molecule has 0 saturated carbocycles. The van der Waals surface area contributed by atoms with Crippen LogP contribution in [0.1, 0.15) is 11.4 Å². The van der Waals surface area contributed by atoms with Gasteiger partial charge >= 0.3 is 0 Å². The third kappa shape index (κ3) is 3.32. The van der Waals surface area contributed by atoms with Gasteiger partial charge in [0.25, 0.3) is 0 Å². The molecule has 2 rings (SSSR count). The normalized spacial score (nSPS) is 12.6. The van der Waals surface area contributed by atoms with Gasteiger partial charge < -0.3 is 14.8 Å². The highest BCUT2D eigenvalue weighted by Crippen LogP contribution is 2.21. The Kier molecular flexibility index (Phi) is 4.52. The molecule has 0 aliphatic heterocycles. The van der Waals surface area contributed by atoms with E-state index in [0.29, 0.717) is 16.4 Å². The van der Waals surface area contributed by atoms with Crippen molar-refractivity contribution in [3.63, 3.8) is 0 Å². The van der Waals surface area contributed by atoms with E-state index >= 15 is 0 Å². The van der Waals surface area contributed by atoms with Crippen LogP contribution in [0, 0.1) is 5.82 Å². The number of aliphatic hydroxyl groups is 2. The Morgan fingerprint density at radius 1 is 1.42 bits per heavy atom. The average Bonchev–Trinajstić information content (AvgIpc) is 2.81. The smallest absolute Gasteiger partial charge is 0.128 e. The zero-order valence-electron chi connectivity index (χ0n) is 10.1. The predicted octanol–water partition coefficient (Wildman–Crippen LogP) is 1.62. The Hall–Kier alpha value is -1.43. The minimum atomic E-state index is -0.871. The standard InChI is InChI=1S/C13H14ClFN2O2/c14-11-2-1-3-12(15)10(11)6-13-16-4-5-17(13)7-9(19)8-18/h1-5,9,18-19H,6-8H2. The quantitative estimate of drug-likeness (QED) is 0.877. The molecule has 0 bridgehead atoms. The minimum absolute atomic E-state index is 0.206. The molecule has 4 nitrogen and oxygen atoms in total. The molecule has 1 aromatic heterocycles. The van der Waals surface area contributed by atoms with Crippen LogP contribution in [0.4, 0.5) is 4.39 Å². The first-order chi connectivity index (χ1) is 9.11. The maximum absolute atomic E-state index is 13.7. The summed E-state index contributed by atoms with van der Waals surface area (Å²) < 4.78 is 15.4.